The van der Waals surface area contributed by atoms with Gasteiger partial charge in [0.15, 0.2) is 4.11 Å². The first-order valence-electron chi connectivity index (χ1n) is 5.15. The molecule has 0 saturated carbocycles. The molecule has 0 aliphatic heterocycles. The lowest BCUT2D eigenvalue weighted by atomic mass is 10.1. The third-order valence-electron chi connectivity index (χ3n) is 2.37. The molecule has 0 aliphatic carbocycles. The first-order chi connectivity index (χ1) is 7.68. The SMILES string of the molecule is CC(O)C(I)Oc1cccc2ccccc12. The Morgan fingerprint density at radius 2 is 1.81 bits per heavy atom. The van der Waals surface area contributed by atoms with E-state index in [4.69, 9.17) is 4.74 Å². The number of ether oxygens (including phenoxy) is 1. The Kier molecular flexibility index (Phi) is 3.66. The van der Waals surface area contributed by atoms with Crippen LogP contribution in [0.3, 0.4) is 0 Å². The summed E-state index contributed by atoms with van der Waals surface area (Å²) in [6.45, 7) is 1.72. The van der Waals surface area contributed by atoms with Gasteiger partial charge in [0.1, 0.15) is 5.75 Å². The largest absolute Gasteiger partial charge is 0.477 e. The summed E-state index contributed by atoms with van der Waals surface area (Å²) in [6, 6.07) is 14.0. The van der Waals surface area contributed by atoms with Gasteiger partial charge >= 0.3 is 0 Å². The zero-order valence-electron chi connectivity index (χ0n) is 8.93. The standard InChI is InChI=1S/C13H13IO2/c1-9(15)13(14)16-12-8-4-6-10-5-2-3-7-11(10)12/h2-9,13,15H,1H3. The van der Waals surface area contributed by atoms with E-state index in [2.05, 4.69) is 22.6 Å². The Morgan fingerprint density at radius 1 is 1.12 bits per heavy atom. The Labute approximate surface area is 108 Å². The Balaban J connectivity index is 2.37. The average Bonchev–Trinajstić information content (AvgIpc) is 2.29. The van der Waals surface area contributed by atoms with Gasteiger partial charge in [-0.3, -0.25) is 0 Å². The van der Waals surface area contributed by atoms with Crippen LogP contribution in [0.5, 0.6) is 5.75 Å². The molecular weight excluding hydrogens is 315 g/mol. The van der Waals surface area contributed by atoms with E-state index < -0.39 is 6.10 Å². The normalized spacial score (nSPS) is 14.7. The quantitative estimate of drug-likeness (QED) is 0.692. The van der Waals surface area contributed by atoms with E-state index in [9.17, 15) is 5.11 Å². The lowest BCUT2D eigenvalue weighted by Gasteiger charge is -2.16. The molecular formula is C13H13IO2. The van der Waals surface area contributed by atoms with Crippen LogP contribution >= 0.6 is 22.6 Å². The summed E-state index contributed by atoms with van der Waals surface area (Å²) in [5.41, 5.74) is 0. The fourth-order valence-corrected chi connectivity index (χ4v) is 1.79. The summed E-state index contributed by atoms with van der Waals surface area (Å²) < 4.78 is 5.49. The predicted molar refractivity (Wildman–Crippen MR) is 74.1 cm³/mol. The Bertz CT molecular complexity index is 477. The summed E-state index contributed by atoms with van der Waals surface area (Å²) >= 11 is 2.10. The van der Waals surface area contributed by atoms with Gasteiger partial charge in [-0.1, -0.05) is 36.4 Å². The number of aliphatic hydroxyl groups is 1. The lowest BCUT2D eigenvalue weighted by Crippen LogP contribution is -2.22. The van der Waals surface area contributed by atoms with Crippen molar-refractivity contribution in [3.05, 3.63) is 42.5 Å². The van der Waals surface area contributed by atoms with Crippen LogP contribution in [0.15, 0.2) is 42.5 Å². The van der Waals surface area contributed by atoms with Crippen molar-refractivity contribution in [3.63, 3.8) is 0 Å². The van der Waals surface area contributed by atoms with Crippen molar-refractivity contribution in [2.45, 2.75) is 17.1 Å². The van der Waals surface area contributed by atoms with Crippen molar-refractivity contribution in [1.29, 1.82) is 0 Å². The van der Waals surface area contributed by atoms with Crippen LogP contribution in [-0.2, 0) is 0 Å². The second-order valence-corrected chi connectivity index (χ2v) is 4.91. The van der Waals surface area contributed by atoms with E-state index in [1.54, 1.807) is 6.92 Å². The van der Waals surface area contributed by atoms with Gasteiger partial charge in [0.05, 0.1) is 6.10 Å². The topological polar surface area (TPSA) is 29.5 Å². The predicted octanol–water partition coefficient (Wildman–Crippen LogP) is 3.36. The number of benzene rings is 2. The van der Waals surface area contributed by atoms with Gasteiger partial charge in [-0.25, -0.2) is 0 Å². The van der Waals surface area contributed by atoms with Gasteiger partial charge in [0, 0.05) is 5.39 Å². The van der Waals surface area contributed by atoms with Crippen LogP contribution in [0.2, 0.25) is 0 Å². The molecule has 0 aromatic heterocycles. The highest BCUT2D eigenvalue weighted by Crippen LogP contribution is 2.27. The molecule has 2 rings (SSSR count). The smallest absolute Gasteiger partial charge is 0.174 e. The number of aliphatic hydroxyl groups excluding tert-OH is 1. The maximum absolute atomic E-state index is 9.42. The van der Waals surface area contributed by atoms with E-state index in [0.717, 1.165) is 16.5 Å². The van der Waals surface area contributed by atoms with Gasteiger partial charge in [0.25, 0.3) is 0 Å². The molecule has 0 fully saturated rings. The Morgan fingerprint density at radius 3 is 2.56 bits per heavy atom. The second kappa shape index (κ2) is 5.01. The first-order valence-corrected chi connectivity index (χ1v) is 6.39. The molecule has 0 aliphatic rings. The molecule has 2 aromatic rings. The maximum atomic E-state index is 9.42. The fourth-order valence-electron chi connectivity index (χ4n) is 1.52. The lowest BCUT2D eigenvalue weighted by molar-refractivity contribution is 0.112. The van der Waals surface area contributed by atoms with Crippen molar-refractivity contribution in [2.24, 2.45) is 0 Å². The number of alkyl halides is 1. The highest BCUT2D eigenvalue weighted by Gasteiger charge is 2.13. The highest BCUT2D eigenvalue weighted by atomic mass is 127. The molecule has 0 amide bonds. The second-order valence-electron chi connectivity index (χ2n) is 3.69. The maximum Gasteiger partial charge on any atom is 0.174 e. The molecule has 2 atom stereocenters. The molecule has 0 bridgehead atoms. The first kappa shape index (κ1) is 11.7. The number of halogens is 1. The summed E-state index contributed by atoms with van der Waals surface area (Å²) in [6.07, 6.45) is -0.487. The van der Waals surface area contributed by atoms with Crippen LogP contribution < -0.4 is 4.74 Å². The molecule has 16 heavy (non-hydrogen) atoms. The fraction of sp³-hybridized carbons (Fsp3) is 0.231. The molecule has 84 valence electrons. The molecule has 3 heteroatoms. The van der Waals surface area contributed by atoms with E-state index in [1.807, 2.05) is 42.5 Å². The van der Waals surface area contributed by atoms with Crippen LogP contribution in [0.4, 0.5) is 0 Å². The number of hydrogen-bond donors (Lipinski definition) is 1. The van der Waals surface area contributed by atoms with Crippen LogP contribution in [0, 0.1) is 0 Å². The molecule has 0 saturated heterocycles. The molecule has 0 spiro atoms. The van der Waals surface area contributed by atoms with Crippen molar-refractivity contribution in [2.75, 3.05) is 0 Å². The zero-order valence-corrected chi connectivity index (χ0v) is 11.1. The molecule has 0 radical (unpaired) electrons. The molecule has 2 aromatic carbocycles. The summed E-state index contributed by atoms with van der Waals surface area (Å²) in [7, 11) is 0. The zero-order chi connectivity index (χ0) is 11.5. The highest BCUT2D eigenvalue weighted by molar-refractivity contribution is 14.1. The summed E-state index contributed by atoms with van der Waals surface area (Å²) in [4.78, 5) is 0. The minimum Gasteiger partial charge on any atom is -0.477 e. The summed E-state index contributed by atoms with van der Waals surface area (Å²) in [5.74, 6) is 0.818. The van der Waals surface area contributed by atoms with Crippen molar-refractivity contribution in [3.8, 4) is 5.75 Å². The van der Waals surface area contributed by atoms with E-state index in [1.165, 1.54) is 0 Å². The number of fused-ring (bicyclic) bond motifs is 1. The van der Waals surface area contributed by atoms with Crippen LogP contribution in [0.1, 0.15) is 6.92 Å². The minimum absolute atomic E-state index is 0.233. The molecule has 1 N–H and O–H groups in total. The van der Waals surface area contributed by atoms with E-state index in [-0.39, 0.29) is 4.11 Å². The van der Waals surface area contributed by atoms with Gasteiger partial charge in [0.2, 0.25) is 0 Å². The monoisotopic (exact) mass is 328 g/mol. The van der Waals surface area contributed by atoms with Gasteiger partial charge < -0.3 is 9.84 Å². The van der Waals surface area contributed by atoms with E-state index in [0.29, 0.717) is 0 Å². The van der Waals surface area contributed by atoms with E-state index >= 15 is 0 Å². The Hall–Kier alpha value is -0.810. The minimum atomic E-state index is -0.487. The average molecular weight is 328 g/mol. The molecule has 2 nitrogen and oxygen atoms in total. The number of hydrogen-bond acceptors (Lipinski definition) is 2. The van der Waals surface area contributed by atoms with Crippen LogP contribution in [0.25, 0.3) is 10.8 Å². The molecule has 2 unspecified atom stereocenters. The summed E-state index contributed by atoms with van der Waals surface area (Å²) in [5, 5.41) is 11.6. The molecule has 0 heterocycles. The van der Waals surface area contributed by atoms with Gasteiger partial charge in [-0.05, 0) is 41.0 Å². The third-order valence-corrected chi connectivity index (χ3v) is 3.66. The third kappa shape index (κ3) is 2.47. The van der Waals surface area contributed by atoms with Crippen molar-refractivity contribution < 1.29 is 9.84 Å². The number of rotatable bonds is 3. The van der Waals surface area contributed by atoms with Crippen molar-refractivity contribution in [1.82, 2.24) is 0 Å². The van der Waals surface area contributed by atoms with Crippen molar-refractivity contribution >= 4 is 33.4 Å². The van der Waals surface area contributed by atoms with Gasteiger partial charge in [-0.2, -0.15) is 0 Å². The van der Waals surface area contributed by atoms with Gasteiger partial charge in [-0.15, -0.1) is 0 Å². The van der Waals surface area contributed by atoms with Crippen LogP contribution in [-0.4, -0.2) is 15.3 Å².